The van der Waals surface area contributed by atoms with Crippen LogP contribution >= 0.6 is 11.3 Å². The van der Waals surface area contributed by atoms with Crippen molar-refractivity contribution in [3.05, 3.63) is 16.1 Å². The fourth-order valence-corrected chi connectivity index (χ4v) is 4.25. The number of aromatic nitrogens is 1. The molecule has 2 heterocycles. The van der Waals surface area contributed by atoms with Gasteiger partial charge in [0.2, 0.25) is 0 Å². The third kappa shape index (κ3) is 4.76. The largest absolute Gasteiger partial charge is 0.308 e. The summed E-state index contributed by atoms with van der Waals surface area (Å²) >= 11 is 1.84. The number of thiazole rings is 1. The first-order valence-electron chi connectivity index (χ1n) is 8.68. The molecule has 21 heavy (non-hydrogen) atoms. The number of nitrogens with one attached hydrogen (secondary N) is 1. The van der Waals surface area contributed by atoms with Crippen LogP contribution in [0.4, 0.5) is 0 Å². The number of nitrogens with zero attached hydrogens (tertiary/aromatic N) is 2. The van der Waals surface area contributed by atoms with Crippen molar-refractivity contribution >= 4 is 11.3 Å². The molecule has 0 unspecified atom stereocenters. The van der Waals surface area contributed by atoms with Crippen molar-refractivity contribution in [1.82, 2.24) is 15.2 Å². The van der Waals surface area contributed by atoms with Crippen molar-refractivity contribution in [3.63, 3.8) is 0 Å². The lowest BCUT2D eigenvalue weighted by molar-refractivity contribution is 0.194. The van der Waals surface area contributed by atoms with E-state index >= 15 is 0 Å². The molecule has 1 N–H and O–H groups in total. The zero-order chi connectivity index (χ0) is 14.5. The fourth-order valence-electron chi connectivity index (χ4n) is 3.46. The van der Waals surface area contributed by atoms with E-state index in [-0.39, 0.29) is 0 Å². The van der Waals surface area contributed by atoms with Crippen LogP contribution in [0.15, 0.2) is 5.38 Å². The van der Waals surface area contributed by atoms with E-state index in [0.29, 0.717) is 0 Å². The van der Waals surface area contributed by atoms with Gasteiger partial charge in [0.05, 0.1) is 10.7 Å². The highest BCUT2D eigenvalue weighted by Gasteiger charge is 2.16. The third-order valence-electron chi connectivity index (χ3n) is 5.04. The van der Waals surface area contributed by atoms with Crippen LogP contribution in [0, 0.1) is 5.92 Å². The maximum absolute atomic E-state index is 4.80. The highest BCUT2D eigenvalue weighted by Crippen LogP contribution is 2.19. The van der Waals surface area contributed by atoms with Crippen LogP contribution in [0.5, 0.6) is 0 Å². The zero-order valence-corrected chi connectivity index (χ0v) is 14.1. The smallest absolute Gasteiger partial charge is 0.0941 e. The molecular formula is C17H29N3S. The summed E-state index contributed by atoms with van der Waals surface area (Å²) in [4.78, 5) is 7.41. The maximum Gasteiger partial charge on any atom is 0.0941 e. The molecule has 1 aliphatic heterocycles. The summed E-state index contributed by atoms with van der Waals surface area (Å²) in [6.45, 7) is 7.09. The van der Waals surface area contributed by atoms with Gasteiger partial charge < -0.3 is 10.2 Å². The normalized spacial score (nSPS) is 22.1. The molecule has 0 amide bonds. The van der Waals surface area contributed by atoms with Crippen LogP contribution in [-0.2, 0) is 13.0 Å². The Kier molecular flexibility index (Phi) is 5.67. The average Bonchev–Trinajstić information content (AvgIpc) is 3.16. The average molecular weight is 308 g/mol. The number of hydrogen-bond acceptors (Lipinski definition) is 4. The lowest BCUT2D eigenvalue weighted by atomic mass is 9.99. The van der Waals surface area contributed by atoms with Gasteiger partial charge in [0.25, 0.3) is 0 Å². The van der Waals surface area contributed by atoms with Crippen molar-refractivity contribution in [3.8, 4) is 0 Å². The molecule has 1 aromatic rings. The first kappa shape index (κ1) is 15.4. The van der Waals surface area contributed by atoms with Gasteiger partial charge in [-0.15, -0.1) is 11.3 Å². The van der Waals surface area contributed by atoms with Gasteiger partial charge in [-0.1, -0.05) is 19.8 Å². The maximum atomic E-state index is 4.80. The van der Waals surface area contributed by atoms with E-state index in [9.17, 15) is 0 Å². The molecular weight excluding hydrogens is 278 g/mol. The SMILES string of the molecule is CC1CCN(CCc2nc(CNC3CCCC3)cs2)CC1. The van der Waals surface area contributed by atoms with Crippen LogP contribution in [0.1, 0.15) is 56.2 Å². The zero-order valence-electron chi connectivity index (χ0n) is 13.3. The highest BCUT2D eigenvalue weighted by atomic mass is 32.1. The summed E-state index contributed by atoms with van der Waals surface area (Å²) in [6, 6.07) is 0.741. The van der Waals surface area contributed by atoms with Crippen molar-refractivity contribution < 1.29 is 0 Å². The number of hydrogen-bond donors (Lipinski definition) is 1. The molecule has 0 radical (unpaired) electrons. The standard InChI is InChI=1S/C17H29N3S/c1-14-6-9-20(10-7-14)11-8-17-19-16(13-21-17)12-18-15-4-2-3-5-15/h13-15,18H,2-12H2,1H3. The summed E-state index contributed by atoms with van der Waals surface area (Å²) in [5.74, 6) is 0.925. The van der Waals surface area contributed by atoms with Crippen molar-refractivity contribution in [2.24, 2.45) is 5.92 Å². The molecule has 1 saturated carbocycles. The Labute approximate surface area is 133 Å². The molecule has 4 heteroatoms. The molecule has 1 aromatic heterocycles. The third-order valence-corrected chi connectivity index (χ3v) is 6.00. The Morgan fingerprint density at radius 1 is 1.24 bits per heavy atom. The van der Waals surface area contributed by atoms with Gasteiger partial charge in [-0.05, 0) is 44.7 Å². The number of likely N-dealkylation sites (tertiary alicyclic amines) is 1. The van der Waals surface area contributed by atoms with Gasteiger partial charge in [-0.25, -0.2) is 4.98 Å². The Morgan fingerprint density at radius 2 is 2.00 bits per heavy atom. The molecule has 2 aliphatic rings. The molecule has 3 rings (SSSR count). The van der Waals surface area contributed by atoms with Crippen molar-refractivity contribution in [2.45, 2.75) is 64.5 Å². The predicted octanol–water partition coefficient (Wildman–Crippen LogP) is 3.45. The molecule has 0 spiro atoms. The van der Waals surface area contributed by atoms with Crippen LogP contribution in [0.2, 0.25) is 0 Å². The van der Waals surface area contributed by atoms with Gasteiger partial charge in [-0.2, -0.15) is 0 Å². The summed E-state index contributed by atoms with van der Waals surface area (Å²) in [5.41, 5.74) is 1.24. The van der Waals surface area contributed by atoms with Gasteiger partial charge in [0, 0.05) is 30.9 Å². The minimum Gasteiger partial charge on any atom is -0.308 e. The van der Waals surface area contributed by atoms with E-state index in [2.05, 4.69) is 22.5 Å². The van der Waals surface area contributed by atoms with E-state index in [1.165, 1.54) is 68.9 Å². The summed E-state index contributed by atoms with van der Waals surface area (Å²) < 4.78 is 0. The first-order valence-corrected chi connectivity index (χ1v) is 9.56. The molecule has 3 nitrogen and oxygen atoms in total. The van der Waals surface area contributed by atoms with E-state index < -0.39 is 0 Å². The number of piperidine rings is 1. The minimum absolute atomic E-state index is 0.741. The minimum atomic E-state index is 0.741. The van der Waals surface area contributed by atoms with E-state index in [4.69, 9.17) is 4.98 Å². The molecule has 118 valence electrons. The second-order valence-electron chi connectivity index (χ2n) is 6.87. The van der Waals surface area contributed by atoms with Crippen molar-refractivity contribution in [2.75, 3.05) is 19.6 Å². The van der Waals surface area contributed by atoms with Gasteiger partial charge >= 0.3 is 0 Å². The molecule has 0 bridgehead atoms. The lowest BCUT2D eigenvalue weighted by Gasteiger charge is -2.29. The predicted molar refractivity (Wildman–Crippen MR) is 89.8 cm³/mol. The Morgan fingerprint density at radius 3 is 2.76 bits per heavy atom. The van der Waals surface area contributed by atoms with E-state index in [1.54, 1.807) is 0 Å². The highest BCUT2D eigenvalue weighted by molar-refractivity contribution is 7.09. The summed E-state index contributed by atoms with van der Waals surface area (Å²) in [6.07, 6.45) is 9.36. The second-order valence-corrected chi connectivity index (χ2v) is 7.81. The van der Waals surface area contributed by atoms with Crippen LogP contribution in [0.3, 0.4) is 0 Å². The van der Waals surface area contributed by atoms with Gasteiger partial charge in [0.1, 0.15) is 0 Å². The van der Waals surface area contributed by atoms with Crippen LogP contribution in [0.25, 0.3) is 0 Å². The Balaban J connectivity index is 1.38. The first-order chi connectivity index (χ1) is 10.3. The molecule has 1 saturated heterocycles. The summed E-state index contributed by atoms with van der Waals surface area (Å²) in [5, 5.41) is 7.22. The van der Waals surface area contributed by atoms with E-state index in [0.717, 1.165) is 24.9 Å². The Hall–Kier alpha value is -0.450. The van der Waals surface area contributed by atoms with Gasteiger partial charge in [0.15, 0.2) is 0 Å². The topological polar surface area (TPSA) is 28.2 Å². The molecule has 0 aromatic carbocycles. The molecule has 0 atom stereocenters. The van der Waals surface area contributed by atoms with Crippen LogP contribution < -0.4 is 5.32 Å². The van der Waals surface area contributed by atoms with Gasteiger partial charge in [-0.3, -0.25) is 0 Å². The monoisotopic (exact) mass is 307 g/mol. The number of rotatable bonds is 6. The van der Waals surface area contributed by atoms with Crippen molar-refractivity contribution in [1.29, 1.82) is 0 Å². The second kappa shape index (κ2) is 7.70. The molecule has 2 fully saturated rings. The Bertz CT molecular complexity index is 417. The quantitative estimate of drug-likeness (QED) is 0.872. The van der Waals surface area contributed by atoms with E-state index in [1.807, 2.05) is 11.3 Å². The van der Waals surface area contributed by atoms with Crippen LogP contribution in [-0.4, -0.2) is 35.6 Å². The summed E-state index contributed by atoms with van der Waals surface area (Å²) in [7, 11) is 0. The fraction of sp³-hybridized carbons (Fsp3) is 0.824. The lowest BCUT2D eigenvalue weighted by Crippen LogP contribution is -2.34. The molecule has 1 aliphatic carbocycles.